The van der Waals surface area contributed by atoms with Crippen LogP contribution in [0, 0.1) is 0 Å². The van der Waals surface area contributed by atoms with Gasteiger partial charge >= 0.3 is 7.48 Å². The van der Waals surface area contributed by atoms with Crippen molar-refractivity contribution in [3.8, 4) is 11.1 Å². The van der Waals surface area contributed by atoms with E-state index in [2.05, 4.69) is 84.2 Å². The average Bonchev–Trinajstić information content (AvgIpc) is 3.57. The van der Waals surface area contributed by atoms with Crippen molar-refractivity contribution in [3.63, 3.8) is 0 Å². The molecule has 41 heavy (non-hydrogen) atoms. The maximum Gasteiger partial charge on any atom is 0.309 e. The predicted molar refractivity (Wildman–Crippen MR) is 174 cm³/mol. The lowest BCUT2D eigenvalue weighted by Gasteiger charge is -2.37. The van der Waals surface area contributed by atoms with Gasteiger partial charge in [0.1, 0.15) is 16.5 Å². The van der Waals surface area contributed by atoms with E-state index < -0.39 is 11.2 Å². The Kier molecular flexibility index (Phi) is 6.20. The number of hydrogen-bond donors (Lipinski definition) is 2. The quantitative estimate of drug-likeness (QED) is 0.202. The molecule has 4 nitrogen and oxygen atoms in total. The maximum atomic E-state index is 10.5. The van der Waals surface area contributed by atoms with E-state index in [4.69, 9.17) is 9.07 Å². The minimum atomic E-state index is -0.964. The highest BCUT2D eigenvalue weighted by Crippen LogP contribution is 2.51. The first kappa shape index (κ1) is 26.2. The summed E-state index contributed by atoms with van der Waals surface area (Å²) in [5.74, 6) is 0. The molecule has 6 heteroatoms. The Balaban J connectivity index is 1.30. The van der Waals surface area contributed by atoms with Gasteiger partial charge in [-0.15, -0.1) is 0 Å². The summed E-state index contributed by atoms with van der Waals surface area (Å²) in [6, 6.07) is 34.2. The normalized spacial score (nSPS) is 15.4. The fourth-order valence-corrected chi connectivity index (χ4v) is 6.83. The van der Waals surface area contributed by atoms with Crippen LogP contribution in [-0.4, -0.2) is 23.8 Å². The van der Waals surface area contributed by atoms with Crippen LogP contribution in [0.3, 0.4) is 0 Å². The SMILES string of the molecule is CC(C)(O)C(C)(C)OBc1ccc2oc3cccc(-c4ccccc4C4Nc5ccc6ccccc6c5S4)c3c2c1. The van der Waals surface area contributed by atoms with E-state index in [-0.39, 0.29) is 5.37 Å². The van der Waals surface area contributed by atoms with Gasteiger partial charge in [-0.25, -0.2) is 0 Å². The second-order valence-corrected chi connectivity index (χ2v) is 13.0. The summed E-state index contributed by atoms with van der Waals surface area (Å²) >= 11 is 1.88. The fraction of sp³-hybridized carbons (Fsp3) is 0.200. The van der Waals surface area contributed by atoms with E-state index >= 15 is 0 Å². The second-order valence-electron chi connectivity index (χ2n) is 11.9. The molecule has 0 fully saturated rings. The van der Waals surface area contributed by atoms with Gasteiger partial charge in [0.15, 0.2) is 0 Å². The first-order valence-corrected chi connectivity index (χ1v) is 14.9. The molecule has 0 spiro atoms. The summed E-state index contributed by atoms with van der Waals surface area (Å²) in [5, 5.41) is 19.1. The summed E-state index contributed by atoms with van der Waals surface area (Å²) in [6.45, 7) is 7.40. The van der Waals surface area contributed by atoms with Crippen LogP contribution in [0.1, 0.15) is 38.6 Å². The highest BCUT2D eigenvalue weighted by atomic mass is 32.2. The number of rotatable bonds is 6. The van der Waals surface area contributed by atoms with Gasteiger partial charge in [0.2, 0.25) is 0 Å². The van der Waals surface area contributed by atoms with Crippen LogP contribution < -0.4 is 10.8 Å². The molecular formula is C35H32BNO3S. The maximum absolute atomic E-state index is 10.5. The van der Waals surface area contributed by atoms with Crippen LogP contribution in [0.5, 0.6) is 0 Å². The topological polar surface area (TPSA) is 54.6 Å². The molecule has 0 saturated carbocycles. The van der Waals surface area contributed by atoms with Gasteiger partial charge in [-0.2, -0.15) is 0 Å². The first-order chi connectivity index (χ1) is 19.7. The first-order valence-electron chi connectivity index (χ1n) is 14.0. The molecule has 1 aliphatic heterocycles. The van der Waals surface area contributed by atoms with Gasteiger partial charge in [-0.3, -0.25) is 0 Å². The largest absolute Gasteiger partial charge is 0.456 e. The number of nitrogens with one attached hydrogen (secondary N) is 1. The molecule has 1 aliphatic rings. The summed E-state index contributed by atoms with van der Waals surface area (Å²) in [4.78, 5) is 1.30. The average molecular weight is 558 g/mol. The minimum Gasteiger partial charge on any atom is -0.456 e. The monoisotopic (exact) mass is 557 g/mol. The summed E-state index contributed by atoms with van der Waals surface area (Å²) in [6.07, 6.45) is 0. The van der Waals surface area contributed by atoms with E-state index in [0.29, 0.717) is 7.48 Å². The molecule has 0 bridgehead atoms. The molecule has 0 saturated heterocycles. The van der Waals surface area contributed by atoms with Crippen molar-refractivity contribution in [2.45, 2.75) is 49.2 Å². The number of furan rings is 1. The van der Waals surface area contributed by atoms with Crippen molar-refractivity contribution in [1.82, 2.24) is 0 Å². The smallest absolute Gasteiger partial charge is 0.309 e. The fourth-order valence-electron chi connectivity index (χ4n) is 5.51. The lowest BCUT2D eigenvalue weighted by molar-refractivity contribution is -0.0893. The van der Waals surface area contributed by atoms with Gasteiger partial charge < -0.3 is 19.5 Å². The number of hydrogen-bond acceptors (Lipinski definition) is 5. The Morgan fingerprint density at radius 2 is 1.59 bits per heavy atom. The zero-order valence-corrected chi connectivity index (χ0v) is 24.5. The zero-order valence-electron chi connectivity index (χ0n) is 23.7. The predicted octanol–water partition coefficient (Wildman–Crippen LogP) is 8.17. The number of thioether (sulfide) groups is 1. The molecule has 5 aromatic carbocycles. The Labute approximate surface area is 245 Å². The van der Waals surface area contributed by atoms with Gasteiger partial charge in [-0.05, 0) is 73.4 Å². The third-order valence-corrected chi connectivity index (χ3v) is 9.85. The molecule has 2 heterocycles. The van der Waals surface area contributed by atoms with Gasteiger partial charge in [0, 0.05) is 21.4 Å². The standard InChI is InChI=1S/C35H32BNO3S/c1-34(2,38)35(3,4)40-36-22-17-19-29-27(20-22)31-25(14-9-15-30(31)39-29)24-12-7-8-13-26(24)33-37-28-18-16-21-10-5-6-11-23(21)32(28)41-33/h5-20,33,36-38H,1-4H3. The number of aliphatic hydroxyl groups is 1. The van der Waals surface area contributed by atoms with Gasteiger partial charge in [0.05, 0.1) is 11.2 Å². The third kappa shape index (κ3) is 4.51. The third-order valence-electron chi connectivity index (χ3n) is 8.57. The van der Waals surface area contributed by atoms with Crippen LogP contribution in [0.25, 0.3) is 43.8 Å². The molecule has 0 radical (unpaired) electrons. The summed E-state index contributed by atoms with van der Waals surface area (Å²) in [5.41, 5.74) is 5.85. The Morgan fingerprint density at radius 3 is 2.44 bits per heavy atom. The highest BCUT2D eigenvalue weighted by Gasteiger charge is 2.35. The van der Waals surface area contributed by atoms with E-state index in [0.717, 1.165) is 33.0 Å². The van der Waals surface area contributed by atoms with Crippen LogP contribution in [0.2, 0.25) is 0 Å². The number of anilines is 1. The summed E-state index contributed by atoms with van der Waals surface area (Å²) in [7, 11) is 0.396. The van der Waals surface area contributed by atoms with Crippen LogP contribution in [0.4, 0.5) is 5.69 Å². The van der Waals surface area contributed by atoms with E-state index in [1.807, 2.05) is 43.8 Å². The van der Waals surface area contributed by atoms with E-state index in [1.54, 1.807) is 13.8 Å². The highest BCUT2D eigenvalue weighted by molar-refractivity contribution is 8.00. The lowest BCUT2D eigenvalue weighted by atomic mass is 9.82. The van der Waals surface area contributed by atoms with Crippen molar-refractivity contribution in [3.05, 3.63) is 103 Å². The molecule has 1 unspecified atom stereocenters. The molecule has 0 amide bonds. The van der Waals surface area contributed by atoms with Crippen LogP contribution >= 0.6 is 11.8 Å². The molecule has 1 aromatic heterocycles. The number of benzene rings is 5. The molecular weight excluding hydrogens is 525 g/mol. The van der Waals surface area contributed by atoms with Gasteiger partial charge in [0.25, 0.3) is 0 Å². The van der Waals surface area contributed by atoms with Gasteiger partial charge in [-0.1, -0.05) is 96.1 Å². The summed E-state index contributed by atoms with van der Waals surface area (Å²) < 4.78 is 12.5. The minimum absolute atomic E-state index is 0.0912. The van der Waals surface area contributed by atoms with Crippen molar-refractivity contribution in [2.24, 2.45) is 0 Å². The number of fused-ring (bicyclic) bond motifs is 6. The molecule has 7 rings (SSSR count). The van der Waals surface area contributed by atoms with Crippen LogP contribution in [-0.2, 0) is 4.65 Å². The molecule has 2 N–H and O–H groups in total. The second kappa shape index (κ2) is 9.69. The van der Waals surface area contributed by atoms with Crippen molar-refractivity contribution in [2.75, 3.05) is 5.32 Å². The zero-order chi connectivity index (χ0) is 28.4. The molecule has 1 atom stereocenters. The van der Waals surface area contributed by atoms with E-state index in [9.17, 15) is 5.11 Å². The molecule has 6 aromatic rings. The van der Waals surface area contributed by atoms with E-state index in [1.165, 1.54) is 32.5 Å². The van der Waals surface area contributed by atoms with Crippen molar-refractivity contribution < 1.29 is 14.2 Å². The molecule has 204 valence electrons. The Bertz CT molecular complexity index is 1940. The van der Waals surface area contributed by atoms with Crippen LogP contribution in [0.15, 0.2) is 106 Å². The van der Waals surface area contributed by atoms with Crippen molar-refractivity contribution >= 4 is 63.1 Å². The van der Waals surface area contributed by atoms with Crippen molar-refractivity contribution in [1.29, 1.82) is 0 Å². The Hall–Kier alpha value is -3.71. The lowest BCUT2D eigenvalue weighted by Crippen LogP contribution is -2.49. The molecule has 0 aliphatic carbocycles. The Morgan fingerprint density at radius 1 is 0.805 bits per heavy atom.